The van der Waals surface area contributed by atoms with Gasteiger partial charge >= 0.3 is 0 Å². The first-order chi connectivity index (χ1) is 12.3. The molecular formula is C18H20Cl2N2O3S. The van der Waals surface area contributed by atoms with Crippen molar-refractivity contribution in [2.75, 3.05) is 18.4 Å². The summed E-state index contributed by atoms with van der Waals surface area (Å²) in [5.74, 6) is -0.292. The van der Waals surface area contributed by atoms with Crippen molar-refractivity contribution >= 4 is 44.8 Å². The molecule has 0 saturated heterocycles. The molecule has 0 bridgehead atoms. The predicted molar refractivity (Wildman–Crippen MR) is 105 cm³/mol. The van der Waals surface area contributed by atoms with E-state index in [1.54, 1.807) is 44.2 Å². The quantitative estimate of drug-likeness (QED) is 0.737. The highest BCUT2D eigenvalue weighted by molar-refractivity contribution is 7.89. The van der Waals surface area contributed by atoms with Gasteiger partial charge in [0.1, 0.15) is 0 Å². The Morgan fingerprint density at radius 2 is 1.54 bits per heavy atom. The van der Waals surface area contributed by atoms with Gasteiger partial charge in [-0.15, -0.1) is 0 Å². The van der Waals surface area contributed by atoms with Gasteiger partial charge in [-0.3, -0.25) is 4.79 Å². The van der Waals surface area contributed by atoms with Crippen molar-refractivity contribution in [1.82, 2.24) is 4.31 Å². The maximum Gasteiger partial charge on any atom is 0.243 e. The lowest BCUT2D eigenvalue weighted by atomic mass is 10.1. The fraction of sp³-hybridized carbons (Fsp3) is 0.278. The van der Waals surface area contributed by atoms with Gasteiger partial charge in [0.05, 0.1) is 11.3 Å². The molecule has 2 rings (SSSR count). The number of carbonyl (C=O) groups excluding carboxylic acids is 1. The highest BCUT2D eigenvalue weighted by Crippen LogP contribution is 2.25. The number of nitrogens with one attached hydrogen (secondary N) is 1. The van der Waals surface area contributed by atoms with E-state index in [-0.39, 0.29) is 17.2 Å². The van der Waals surface area contributed by atoms with Gasteiger partial charge in [-0.25, -0.2) is 8.42 Å². The Labute approximate surface area is 164 Å². The van der Waals surface area contributed by atoms with E-state index in [1.807, 2.05) is 0 Å². The van der Waals surface area contributed by atoms with Crippen molar-refractivity contribution < 1.29 is 13.2 Å². The zero-order valence-electron chi connectivity index (χ0n) is 14.5. The third-order valence-electron chi connectivity index (χ3n) is 3.88. The van der Waals surface area contributed by atoms with Crippen LogP contribution in [0.5, 0.6) is 0 Å². The lowest BCUT2D eigenvalue weighted by Gasteiger charge is -2.18. The lowest BCUT2D eigenvalue weighted by molar-refractivity contribution is -0.115. The molecule has 0 aliphatic carbocycles. The minimum atomic E-state index is -3.52. The molecule has 8 heteroatoms. The van der Waals surface area contributed by atoms with Crippen molar-refractivity contribution in [3.63, 3.8) is 0 Å². The summed E-state index contributed by atoms with van der Waals surface area (Å²) in [6, 6.07) is 11.1. The van der Waals surface area contributed by atoms with Crippen LogP contribution in [0.3, 0.4) is 0 Å². The summed E-state index contributed by atoms with van der Waals surface area (Å²) in [6.45, 7) is 4.37. The topological polar surface area (TPSA) is 66.5 Å². The summed E-state index contributed by atoms with van der Waals surface area (Å²) in [6.07, 6.45) is 0.0258. The summed E-state index contributed by atoms with van der Waals surface area (Å²) in [5, 5.41) is 3.56. The highest BCUT2D eigenvalue weighted by atomic mass is 35.5. The number of amides is 1. The monoisotopic (exact) mass is 414 g/mol. The maximum atomic E-state index is 12.5. The first-order valence-corrected chi connectivity index (χ1v) is 10.3. The van der Waals surface area contributed by atoms with Crippen LogP contribution < -0.4 is 5.32 Å². The molecule has 0 aliphatic heterocycles. The highest BCUT2D eigenvalue weighted by Gasteiger charge is 2.21. The standard InChI is InChI=1S/C18H20Cl2N2O3S/c1-3-22(4-2)26(24,25)14-10-8-13(9-11-14)21-18(23)12-15-16(19)6-5-7-17(15)20/h5-11H,3-4,12H2,1-2H3,(H,21,23). The van der Waals surface area contributed by atoms with Gasteiger partial charge in [-0.05, 0) is 42.0 Å². The number of sulfonamides is 1. The Bertz CT molecular complexity index is 860. The molecule has 0 atom stereocenters. The summed E-state index contributed by atoms with van der Waals surface area (Å²) < 4.78 is 26.3. The van der Waals surface area contributed by atoms with Crippen LogP contribution in [0, 0.1) is 0 Å². The molecule has 0 fully saturated rings. The van der Waals surface area contributed by atoms with Crippen molar-refractivity contribution in [1.29, 1.82) is 0 Å². The van der Waals surface area contributed by atoms with Crippen molar-refractivity contribution in [2.45, 2.75) is 25.2 Å². The van der Waals surface area contributed by atoms with Gasteiger partial charge in [0.15, 0.2) is 0 Å². The lowest BCUT2D eigenvalue weighted by Crippen LogP contribution is -2.30. The molecule has 0 radical (unpaired) electrons. The minimum absolute atomic E-state index is 0.0258. The van der Waals surface area contributed by atoms with Crippen LogP contribution in [0.1, 0.15) is 19.4 Å². The average molecular weight is 415 g/mol. The first kappa shape index (κ1) is 20.7. The van der Waals surface area contributed by atoms with Crippen molar-refractivity contribution in [3.8, 4) is 0 Å². The number of rotatable bonds is 7. The van der Waals surface area contributed by atoms with E-state index in [9.17, 15) is 13.2 Å². The van der Waals surface area contributed by atoms with Gasteiger partial charge in [0.2, 0.25) is 15.9 Å². The number of hydrogen-bond donors (Lipinski definition) is 1. The third-order valence-corrected chi connectivity index (χ3v) is 6.65. The van der Waals surface area contributed by atoms with Gasteiger partial charge in [0.25, 0.3) is 0 Å². The van der Waals surface area contributed by atoms with Gasteiger partial charge in [-0.2, -0.15) is 4.31 Å². The van der Waals surface area contributed by atoms with E-state index < -0.39 is 10.0 Å². The minimum Gasteiger partial charge on any atom is -0.326 e. The second kappa shape index (κ2) is 8.86. The van der Waals surface area contributed by atoms with Crippen molar-refractivity contribution in [3.05, 3.63) is 58.1 Å². The molecule has 0 aromatic heterocycles. The predicted octanol–water partition coefficient (Wildman–Crippen LogP) is 4.21. The maximum absolute atomic E-state index is 12.5. The average Bonchev–Trinajstić information content (AvgIpc) is 2.59. The van der Waals surface area contributed by atoms with Crippen LogP contribution in [0.4, 0.5) is 5.69 Å². The molecule has 0 unspecified atom stereocenters. The van der Waals surface area contributed by atoms with E-state index in [2.05, 4.69) is 5.32 Å². The summed E-state index contributed by atoms with van der Waals surface area (Å²) in [5.41, 5.74) is 1.05. The number of halogens is 2. The number of nitrogens with zero attached hydrogens (tertiary/aromatic N) is 1. The zero-order chi connectivity index (χ0) is 19.3. The molecule has 2 aromatic carbocycles. The van der Waals surface area contributed by atoms with Crippen LogP contribution in [0.25, 0.3) is 0 Å². The van der Waals surface area contributed by atoms with Crippen LogP contribution >= 0.6 is 23.2 Å². The van der Waals surface area contributed by atoms with Crippen LogP contribution in [-0.2, 0) is 21.2 Å². The SMILES string of the molecule is CCN(CC)S(=O)(=O)c1ccc(NC(=O)Cc2c(Cl)cccc2Cl)cc1. The summed E-state index contributed by atoms with van der Waals surface area (Å²) >= 11 is 12.1. The fourth-order valence-electron chi connectivity index (χ4n) is 2.49. The van der Waals surface area contributed by atoms with E-state index >= 15 is 0 Å². The molecular weight excluding hydrogens is 395 g/mol. The summed E-state index contributed by atoms with van der Waals surface area (Å²) in [4.78, 5) is 12.4. The Kier molecular flexibility index (Phi) is 7.06. The van der Waals surface area contributed by atoms with Crippen LogP contribution in [0.2, 0.25) is 10.0 Å². The largest absolute Gasteiger partial charge is 0.326 e. The number of carbonyl (C=O) groups is 1. The smallest absolute Gasteiger partial charge is 0.243 e. The number of benzene rings is 2. The Morgan fingerprint density at radius 1 is 1.00 bits per heavy atom. The van der Waals surface area contributed by atoms with E-state index in [0.29, 0.717) is 34.4 Å². The first-order valence-electron chi connectivity index (χ1n) is 8.12. The van der Waals surface area contributed by atoms with Gasteiger partial charge in [0, 0.05) is 28.8 Å². The molecule has 26 heavy (non-hydrogen) atoms. The van der Waals surface area contributed by atoms with Gasteiger partial charge < -0.3 is 5.32 Å². The Morgan fingerprint density at radius 3 is 2.04 bits per heavy atom. The fourth-order valence-corrected chi connectivity index (χ4v) is 4.48. The molecule has 0 saturated carbocycles. The molecule has 5 nitrogen and oxygen atoms in total. The molecule has 1 N–H and O–H groups in total. The van der Waals surface area contributed by atoms with Gasteiger partial charge in [-0.1, -0.05) is 43.1 Å². The van der Waals surface area contributed by atoms with Crippen molar-refractivity contribution in [2.24, 2.45) is 0 Å². The third kappa shape index (κ3) is 4.76. The van der Waals surface area contributed by atoms with E-state index in [4.69, 9.17) is 23.2 Å². The van der Waals surface area contributed by atoms with E-state index in [1.165, 1.54) is 16.4 Å². The second-order valence-corrected chi connectivity index (χ2v) is 8.29. The molecule has 0 heterocycles. The molecule has 0 spiro atoms. The normalized spacial score (nSPS) is 11.6. The molecule has 2 aromatic rings. The Balaban J connectivity index is 2.11. The van der Waals surface area contributed by atoms with E-state index in [0.717, 1.165) is 0 Å². The molecule has 140 valence electrons. The molecule has 1 amide bonds. The van der Waals surface area contributed by atoms with Crippen LogP contribution in [0.15, 0.2) is 47.4 Å². The second-order valence-electron chi connectivity index (χ2n) is 5.54. The Hall–Kier alpha value is -1.60. The molecule has 0 aliphatic rings. The zero-order valence-corrected chi connectivity index (χ0v) is 16.8. The van der Waals surface area contributed by atoms with Crippen LogP contribution in [-0.4, -0.2) is 31.7 Å². The number of hydrogen-bond acceptors (Lipinski definition) is 3. The number of anilines is 1. The summed E-state index contributed by atoms with van der Waals surface area (Å²) in [7, 11) is -3.52.